The quantitative estimate of drug-likeness (QED) is 0.146. The molecule has 266 valence electrons. The van der Waals surface area contributed by atoms with E-state index in [1.807, 2.05) is 54.6 Å². The van der Waals surface area contributed by atoms with E-state index in [1.54, 1.807) is 37.2 Å². The molecule has 18 heteroatoms. The predicted molar refractivity (Wildman–Crippen MR) is 173 cm³/mol. The van der Waals surface area contributed by atoms with Crippen molar-refractivity contribution in [2.24, 2.45) is 0 Å². The minimum absolute atomic E-state index is 0.184. The van der Waals surface area contributed by atoms with E-state index in [9.17, 15) is 19.5 Å². The van der Waals surface area contributed by atoms with Gasteiger partial charge in [0.05, 0.1) is 0 Å². The zero-order chi connectivity index (χ0) is 35.9. The molecule has 0 radical (unpaired) electrons. The van der Waals surface area contributed by atoms with Gasteiger partial charge in [0.2, 0.25) is 0 Å². The lowest BCUT2D eigenvalue weighted by atomic mass is 10.1. The number of H-pyrrole nitrogens is 1. The number of aromatic amines is 1. The van der Waals surface area contributed by atoms with Gasteiger partial charge in [-0.3, -0.25) is 34.1 Å². The van der Waals surface area contributed by atoms with Crippen LogP contribution in [0, 0.1) is 0 Å². The van der Waals surface area contributed by atoms with Crippen molar-refractivity contribution in [2.45, 2.75) is 57.0 Å². The Kier molecular flexibility index (Phi) is 19.1. The van der Waals surface area contributed by atoms with Crippen LogP contribution in [0.4, 0.5) is 0 Å². The van der Waals surface area contributed by atoms with Crippen LogP contribution in [0.25, 0.3) is 0 Å². The van der Waals surface area contributed by atoms with E-state index in [0.29, 0.717) is 13.0 Å². The van der Waals surface area contributed by atoms with Crippen molar-refractivity contribution in [3.63, 3.8) is 0 Å². The minimum Gasteiger partial charge on any atom is -0.463 e. The van der Waals surface area contributed by atoms with Crippen molar-refractivity contribution in [3.8, 4) is 0 Å². The van der Waals surface area contributed by atoms with Crippen LogP contribution in [-0.4, -0.2) is 88.1 Å². The summed E-state index contributed by atoms with van der Waals surface area (Å²) in [6.07, 6.45) is 9.80. The Balaban J connectivity index is 0.000000288. The molecule has 6 heterocycles. The minimum atomic E-state index is -4.64. The number of aliphatic hydroxyl groups excluding tert-OH is 1. The molecule has 4 aromatic heterocycles. The summed E-state index contributed by atoms with van der Waals surface area (Å²) in [4.78, 5) is 69.5. The highest BCUT2D eigenvalue weighted by Crippen LogP contribution is 2.33. The maximum absolute atomic E-state index is 12.1. The first-order chi connectivity index (χ1) is 23.5. The fraction of sp³-hybridized carbons (Fsp3) is 0.355. The second kappa shape index (κ2) is 23.0. The summed E-state index contributed by atoms with van der Waals surface area (Å²) in [5, 5.41) is 10.6. The summed E-state index contributed by atoms with van der Waals surface area (Å²) in [6.45, 7) is 1.61. The Morgan fingerprint density at radius 1 is 0.918 bits per heavy atom. The first kappa shape index (κ1) is 40.7. The maximum Gasteiger partial charge on any atom is 0.466 e. The van der Waals surface area contributed by atoms with Crippen molar-refractivity contribution in [3.05, 3.63) is 125 Å². The fourth-order valence-electron chi connectivity index (χ4n) is 3.99. The number of phosphoric acid groups is 1. The van der Waals surface area contributed by atoms with Crippen LogP contribution in [0.5, 0.6) is 0 Å². The summed E-state index contributed by atoms with van der Waals surface area (Å²) in [7, 11) is -4.64. The highest BCUT2D eigenvalue weighted by molar-refractivity contribution is 7.45. The number of rotatable bonds is 5. The summed E-state index contributed by atoms with van der Waals surface area (Å²) >= 11 is 0. The number of hydrogen-bond donors (Lipinski definition) is 5. The largest absolute Gasteiger partial charge is 0.466 e. The molecule has 0 aromatic carbocycles. The second-order valence-corrected chi connectivity index (χ2v) is 10.9. The molecule has 17 nitrogen and oxygen atoms in total. The first-order valence-corrected chi connectivity index (χ1v) is 16.4. The summed E-state index contributed by atoms with van der Waals surface area (Å²) < 4.78 is 32.0. The number of pyridine rings is 3. The van der Waals surface area contributed by atoms with E-state index in [1.165, 1.54) is 19.2 Å². The Labute approximate surface area is 281 Å². The van der Waals surface area contributed by atoms with Crippen LogP contribution in [0.2, 0.25) is 0 Å². The average Bonchev–Trinajstić information content (AvgIpc) is 3.40. The smallest absolute Gasteiger partial charge is 0.463 e. The van der Waals surface area contributed by atoms with Gasteiger partial charge in [-0.25, -0.2) is 9.36 Å². The van der Waals surface area contributed by atoms with Gasteiger partial charge in [0, 0.05) is 63.0 Å². The van der Waals surface area contributed by atoms with Crippen LogP contribution in [0.3, 0.4) is 0 Å². The van der Waals surface area contributed by atoms with Crippen LogP contribution >= 0.6 is 7.82 Å². The molecule has 2 fully saturated rings. The van der Waals surface area contributed by atoms with Gasteiger partial charge >= 0.3 is 19.5 Å². The van der Waals surface area contributed by atoms with Gasteiger partial charge in [0.15, 0.2) is 12.5 Å². The van der Waals surface area contributed by atoms with Gasteiger partial charge in [-0.2, -0.15) is 0 Å². The lowest BCUT2D eigenvalue weighted by Gasteiger charge is -2.29. The first-order valence-electron chi connectivity index (χ1n) is 14.8. The van der Waals surface area contributed by atoms with Gasteiger partial charge in [-0.15, -0.1) is 0 Å². The van der Waals surface area contributed by atoms with Crippen molar-refractivity contribution in [1.82, 2.24) is 24.5 Å². The SMILES string of the molecule is CC(=O)OC[C@H]1O[C@@H](n2ccc(=O)[nH]c2=O)[C@H](OC2CCCCO2)[C@@H]1O.O=P(O)(O)O.c1ccncc1.c1ccncc1.c1ccncc1. The number of nitrogens with one attached hydrogen (secondary N) is 1. The third-order valence-corrected chi connectivity index (χ3v) is 6.04. The molecule has 0 saturated carbocycles. The fourth-order valence-corrected chi connectivity index (χ4v) is 3.99. The zero-order valence-corrected chi connectivity index (χ0v) is 27.4. The number of carbonyl (C=O) groups excluding carboxylic acids is 1. The van der Waals surface area contributed by atoms with Crippen molar-refractivity contribution < 1.29 is 48.1 Å². The number of esters is 1. The van der Waals surface area contributed by atoms with E-state index in [-0.39, 0.29) is 6.61 Å². The van der Waals surface area contributed by atoms with E-state index in [2.05, 4.69) is 19.9 Å². The number of aliphatic hydroxyl groups is 1. The molecule has 0 bridgehead atoms. The molecule has 1 unspecified atom stereocenters. The van der Waals surface area contributed by atoms with Crippen molar-refractivity contribution in [1.29, 1.82) is 0 Å². The topological polar surface area (TPSA) is 246 Å². The molecule has 0 spiro atoms. The molecule has 49 heavy (non-hydrogen) atoms. The molecule has 2 saturated heterocycles. The highest BCUT2D eigenvalue weighted by Gasteiger charge is 2.47. The van der Waals surface area contributed by atoms with Gasteiger partial charge in [0.1, 0.15) is 24.9 Å². The average molecular weight is 706 g/mol. The molecule has 5 N–H and O–H groups in total. The van der Waals surface area contributed by atoms with Crippen LogP contribution in [0.15, 0.2) is 114 Å². The molecule has 0 aliphatic carbocycles. The monoisotopic (exact) mass is 705 g/mol. The van der Waals surface area contributed by atoms with Gasteiger partial charge in [-0.1, -0.05) is 18.2 Å². The molecular formula is C31H40N5O12P. The lowest BCUT2D eigenvalue weighted by molar-refractivity contribution is -0.215. The molecule has 6 rings (SSSR count). The normalized spacial score (nSPS) is 21.0. The Hall–Kier alpha value is -4.45. The zero-order valence-electron chi connectivity index (χ0n) is 26.5. The molecule has 5 atom stereocenters. The molecular weight excluding hydrogens is 665 g/mol. The van der Waals surface area contributed by atoms with Gasteiger partial charge in [-0.05, 0) is 55.7 Å². The van der Waals surface area contributed by atoms with E-state index >= 15 is 0 Å². The van der Waals surface area contributed by atoms with Crippen LogP contribution in [-0.2, 0) is 28.3 Å². The molecule has 4 aromatic rings. The third-order valence-electron chi connectivity index (χ3n) is 6.04. The Morgan fingerprint density at radius 2 is 1.43 bits per heavy atom. The lowest BCUT2D eigenvalue weighted by Crippen LogP contribution is -2.42. The van der Waals surface area contributed by atoms with E-state index in [0.717, 1.165) is 17.4 Å². The Bertz CT molecular complexity index is 1430. The van der Waals surface area contributed by atoms with E-state index < -0.39 is 55.9 Å². The Morgan fingerprint density at radius 3 is 1.80 bits per heavy atom. The van der Waals surface area contributed by atoms with Crippen LogP contribution in [0.1, 0.15) is 32.4 Å². The number of hydrogen-bond acceptors (Lipinski definition) is 12. The highest BCUT2D eigenvalue weighted by atomic mass is 31.2. The van der Waals surface area contributed by atoms with Gasteiger partial charge in [0.25, 0.3) is 5.56 Å². The van der Waals surface area contributed by atoms with Crippen molar-refractivity contribution in [2.75, 3.05) is 13.2 Å². The number of nitrogens with zero attached hydrogens (tertiary/aromatic N) is 4. The molecule has 2 aliphatic heterocycles. The summed E-state index contributed by atoms with van der Waals surface area (Å²) in [6, 6.07) is 18.3. The predicted octanol–water partition coefficient (Wildman–Crippen LogP) is 1.59. The van der Waals surface area contributed by atoms with E-state index in [4.69, 9.17) is 38.2 Å². The number of aromatic nitrogens is 5. The standard InChI is InChI=1S/C16H22N2O8.3C5H5N.H3O4P/c1-9(19)24-8-10-13(21)14(26-12-4-2-3-7-23-12)15(25-10)18-6-5-11(20)17-16(18)22;3*1-2-4-6-5-3-1;1-5(2,3)4/h5-6,10,12-15,21H,2-4,7-8H2,1H3,(H,17,20,22);3*1-5H;(H3,1,2,3,4)/t10-,12?,13-,14-,15-;;;;/m1..../s1. The van der Waals surface area contributed by atoms with Crippen molar-refractivity contribution >= 4 is 13.8 Å². The third kappa shape index (κ3) is 18.6. The maximum atomic E-state index is 12.1. The molecule has 2 aliphatic rings. The second-order valence-electron chi connectivity index (χ2n) is 9.86. The molecule has 0 amide bonds. The number of carbonyl (C=O) groups is 1. The van der Waals surface area contributed by atoms with Gasteiger partial charge < -0.3 is 38.7 Å². The summed E-state index contributed by atoms with van der Waals surface area (Å²) in [5.74, 6) is -0.515. The number of ether oxygens (including phenoxy) is 4. The summed E-state index contributed by atoms with van der Waals surface area (Å²) in [5.41, 5.74) is -1.24. The van der Waals surface area contributed by atoms with Crippen LogP contribution < -0.4 is 11.2 Å².